The van der Waals surface area contributed by atoms with Crippen LogP contribution in [0.25, 0.3) is 10.6 Å². The molecule has 0 aliphatic rings. The number of hydrogen-bond donors (Lipinski definition) is 1. The fourth-order valence-electron chi connectivity index (χ4n) is 2.00. The van der Waals surface area contributed by atoms with Crippen LogP contribution in [0.3, 0.4) is 0 Å². The highest BCUT2D eigenvalue weighted by Gasteiger charge is 2.16. The summed E-state index contributed by atoms with van der Waals surface area (Å²) < 4.78 is 5.36. The van der Waals surface area contributed by atoms with Gasteiger partial charge < -0.3 is 4.74 Å². The molecule has 0 saturated carbocycles. The molecule has 0 fully saturated rings. The third kappa shape index (κ3) is 3.52. The first-order valence-corrected chi connectivity index (χ1v) is 8.36. The number of anilines is 1. The van der Waals surface area contributed by atoms with E-state index in [1.54, 1.807) is 24.4 Å². The average Bonchev–Trinajstić information content (AvgIpc) is 3.04. The molecule has 3 aromatic rings. The molecule has 0 bridgehead atoms. The Kier molecular flexibility index (Phi) is 5.02. The van der Waals surface area contributed by atoms with Crippen molar-refractivity contribution in [1.82, 2.24) is 15.2 Å². The van der Waals surface area contributed by atoms with Crippen molar-refractivity contribution in [2.75, 3.05) is 11.9 Å². The predicted molar refractivity (Wildman–Crippen MR) is 93.7 cm³/mol. The number of nitrogens with one attached hydrogen (secondary N) is 1. The van der Waals surface area contributed by atoms with E-state index in [0.29, 0.717) is 27.3 Å². The van der Waals surface area contributed by atoms with Crippen molar-refractivity contribution in [3.05, 3.63) is 53.2 Å². The zero-order valence-corrected chi connectivity index (χ0v) is 14.3. The van der Waals surface area contributed by atoms with Crippen LogP contribution in [0.2, 0.25) is 5.02 Å². The summed E-state index contributed by atoms with van der Waals surface area (Å²) in [5.74, 6) is -0.0678. The molecular weight excluding hydrogens is 348 g/mol. The maximum Gasteiger partial charge on any atom is 0.262 e. The topological polar surface area (TPSA) is 77.0 Å². The molecule has 1 amide bonds. The summed E-state index contributed by atoms with van der Waals surface area (Å²) in [5, 5.41) is 12.4. The van der Waals surface area contributed by atoms with E-state index in [-0.39, 0.29) is 11.8 Å². The molecule has 0 saturated heterocycles. The van der Waals surface area contributed by atoms with Gasteiger partial charge >= 0.3 is 0 Å². The van der Waals surface area contributed by atoms with Crippen LogP contribution in [0.15, 0.2) is 42.6 Å². The molecule has 0 aliphatic heterocycles. The van der Waals surface area contributed by atoms with Crippen molar-refractivity contribution in [3.63, 3.8) is 0 Å². The second-order valence-corrected chi connectivity index (χ2v) is 6.02. The monoisotopic (exact) mass is 360 g/mol. The van der Waals surface area contributed by atoms with Gasteiger partial charge in [-0.1, -0.05) is 41.1 Å². The van der Waals surface area contributed by atoms with E-state index in [2.05, 4.69) is 20.5 Å². The number of carbonyl (C=O) groups excluding carboxylic acids is 1. The summed E-state index contributed by atoms with van der Waals surface area (Å²) in [7, 11) is 0. The van der Waals surface area contributed by atoms with Crippen LogP contribution in [0.4, 0.5) is 5.13 Å². The summed E-state index contributed by atoms with van der Waals surface area (Å²) >= 11 is 7.39. The minimum Gasteiger partial charge on any atom is -0.477 e. The van der Waals surface area contributed by atoms with Gasteiger partial charge in [-0.3, -0.25) is 10.1 Å². The quantitative estimate of drug-likeness (QED) is 0.746. The third-order valence-electron chi connectivity index (χ3n) is 3.05. The van der Waals surface area contributed by atoms with Crippen molar-refractivity contribution in [3.8, 4) is 16.5 Å². The van der Waals surface area contributed by atoms with Gasteiger partial charge in [0.2, 0.25) is 11.0 Å². The maximum atomic E-state index is 12.4. The first kappa shape index (κ1) is 16.4. The number of rotatable bonds is 5. The Morgan fingerprint density at radius 2 is 2.08 bits per heavy atom. The highest BCUT2D eigenvalue weighted by atomic mass is 35.5. The molecule has 1 N–H and O–H groups in total. The van der Waals surface area contributed by atoms with E-state index < -0.39 is 0 Å². The molecule has 0 spiro atoms. The Bertz CT molecular complexity index is 869. The van der Waals surface area contributed by atoms with E-state index in [1.807, 2.05) is 25.1 Å². The number of nitrogens with zero attached hydrogens (tertiary/aromatic N) is 3. The number of carbonyl (C=O) groups is 1. The van der Waals surface area contributed by atoms with Gasteiger partial charge in [-0.2, -0.15) is 0 Å². The van der Waals surface area contributed by atoms with Crippen molar-refractivity contribution in [1.29, 1.82) is 0 Å². The highest BCUT2D eigenvalue weighted by Crippen LogP contribution is 2.31. The lowest BCUT2D eigenvalue weighted by atomic mass is 10.2. The summed E-state index contributed by atoms with van der Waals surface area (Å²) in [6, 6.07) is 10.7. The fourth-order valence-corrected chi connectivity index (χ4v) is 3.06. The number of benzene rings is 1. The summed E-state index contributed by atoms with van der Waals surface area (Å²) in [6.07, 6.45) is 1.57. The van der Waals surface area contributed by atoms with Crippen LogP contribution in [0.1, 0.15) is 17.3 Å². The Morgan fingerprint density at radius 1 is 1.25 bits per heavy atom. The molecular formula is C16H13ClN4O2S. The smallest absolute Gasteiger partial charge is 0.262 e. The molecule has 0 atom stereocenters. The first-order chi connectivity index (χ1) is 11.7. The molecule has 2 heterocycles. The van der Waals surface area contributed by atoms with Gasteiger partial charge in [-0.25, -0.2) is 4.98 Å². The van der Waals surface area contributed by atoms with Crippen molar-refractivity contribution in [2.24, 2.45) is 0 Å². The van der Waals surface area contributed by atoms with E-state index >= 15 is 0 Å². The number of hydrogen-bond acceptors (Lipinski definition) is 6. The molecule has 24 heavy (non-hydrogen) atoms. The molecule has 122 valence electrons. The van der Waals surface area contributed by atoms with Gasteiger partial charge in [0.15, 0.2) is 5.01 Å². The van der Waals surface area contributed by atoms with Crippen LogP contribution >= 0.6 is 22.9 Å². The molecule has 6 nitrogen and oxygen atoms in total. The van der Waals surface area contributed by atoms with Crippen LogP contribution < -0.4 is 10.1 Å². The largest absolute Gasteiger partial charge is 0.477 e. The van der Waals surface area contributed by atoms with Crippen molar-refractivity contribution in [2.45, 2.75) is 6.92 Å². The maximum absolute atomic E-state index is 12.4. The number of halogens is 1. The Labute approximate surface area is 147 Å². The Morgan fingerprint density at radius 3 is 2.88 bits per heavy atom. The standard InChI is InChI=1S/C16H13ClN4O2S/c1-2-23-14-11(7-5-9-18-14)13(22)19-16-21-20-15(24-16)10-6-3-4-8-12(10)17/h3-9H,2H2,1H3,(H,19,21,22). The second kappa shape index (κ2) is 7.37. The van der Waals surface area contributed by atoms with Crippen LogP contribution in [-0.2, 0) is 0 Å². The molecule has 0 unspecified atom stereocenters. The highest BCUT2D eigenvalue weighted by molar-refractivity contribution is 7.18. The van der Waals surface area contributed by atoms with Crippen molar-refractivity contribution < 1.29 is 9.53 Å². The third-order valence-corrected chi connectivity index (χ3v) is 4.25. The number of ether oxygens (including phenoxy) is 1. The van der Waals surface area contributed by atoms with Gasteiger partial charge in [0.1, 0.15) is 5.56 Å². The van der Waals surface area contributed by atoms with Gasteiger partial charge in [-0.15, -0.1) is 10.2 Å². The summed E-state index contributed by atoms with van der Waals surface area (Å²) in [4.78, 5) is 16.5. The molecule has 1 aromatic carbocycles. The zero-order valence-electron chi connectivity index (χ0n) is 12.7. The minimum atomic E-state index is -0.353. The summed E-state index contributed by atoms with van der Waals surface area (Å²) in [5.41, 5.74) is 1.11. The Hall–Kier alpha value is -2.51. The van der Waals surface area contributed by atoms with Crippen LogP contribution in [-0.4, -0.2) is 27.7 Å². The fraction of sp³-hybridized carbons (Fsp3) is 0.125. The lowest BCUT2D eigenvalue weighted by Crippen LogP contribution is -2.14. The Balaban J connectivity index is 1.80. The normalized spacial score (nSPS) is 10.4. The van der Waals surface area contributed by atoms with E-state index in [1.165, 1.54) is 11.3 Å². The SMILES string of the molecule is CCOc1ncccc1C(=O)Nc1nnc(-c2ccccc2Cl)s1. The van der Waals surface area contributed by atoms with E-state index in [0.717, 1.165) is 5.56 Å². The molecule has 3 rings (SSSR count). The zero-order chi connectivity index (χ0) is 16.9. The molecule has 0 aliphatic carbocycles. The summed E-state index contributed by atoms with van der Waals surface area (Å²) in [6.45, 7) is 2.25. The van der Waals surface area contributed by atoms with Crippen LogP contribution in [0, 0.1) is 0 Å². The molecule has 2 aromatic heterocycles. The van der Waals surface area contributed by atoms with E-state index in [9.17, 15) is 4.79 Å². The number of pyridine rings is 1. The van der Waals surface area contributed by atoms with Crippen LogP contribution in [0.5, 0.6) is 5.88 Å². The van der Waals surface area contributed by atoms with Crippen molar-refractivity contribution >= 4 is 34.0 Å². The van der Waals surface area contributed by atoms with E-state index in [4.69, 9.17) is 16.3 Å². The molecule has 0 radical (unpaired) electrons. The minimum absolute atomic E-state index is 0.286. The number of aromatic nitrogens is 3. The van der Waals surface area contributed by atoms with Gasteiger partial charge in [-0.05, 0) is 25.1 Å². The number of amides is 1. The average molecular weight is 361 g/mol. The predicted octanol–water partition coefficient (Wildman–Crippen LogP) is 3.90. The molecule has 8 heteroatoms. The first-order valence-electron chi connectivity index (χ1n) is 7.16. The lowest BCUT2D eigenvalue weighted by molar-refractivity contribution is 0.102. The second-order valence-electron chi connectivity index (χ2n) is 4.64. The van der Waals surface area contributed by atoms with Gasteiger partial charge in [0, 0.05) is 11.8 Å². The van der Waals surface area contributed by atoms with Gasteiger partial charge in [0.25, 0.3) is 5.91 Å². The van der Waals surface area contributed by atoms with Gasteiger partial charge in [0.05, 0.1) is 11.6 Å². The lowest BCUT2D eigenvalue weighted by Gasteiger charge is -2.07.